The van der Waals surface area contributed by atoms with Crippen molar-refractivity contribution in [3.63, 3.8) is 0 Å². The van der Waals surface area contributed by atoms with E-state index in [1.165, 1.54) is 11.1 Å². The Hall–Kier alpha value is -3.84. The predicted molar refractivity (Wildman–Crippen MR) is 135 cm³/mol. The van der Waals surface area contributed by atoms with E-state index in [4.69, 9.17) is 13.9 Å². The Morgan fingerprint density at radius 1 is 1.11 bits per heavy atom. The Morgan fingerprint density at radius 2 is 1.84 bits per heavy atom. The summed E-state index contributed by atoms with van der Waals surface area (Å²) in [4.78, 5) is 50.0. The quantitative estimate of drug-likeness (QED) is 0.392. The third-order valence-electron chi connectivity index (χ3n) is 5.73. The van der Waals surface area contributed by atoms with Crippen molar-refractivity contribution in [2.24, 2.45) is 0 Å². The van der Waals surface area contributed by atoms with Crippen LogP contribution in [0.3, 0.4) is 0 Å². The van der Waals surface area contributed by atoms with E-state index in [0.29, 0.717) is 12.0 Å². The average molecular weight is 545 g/mol. The molecule has 0 saturated carbocycles. The van der Waals surface area contributed by atoms with E-state index < -0.39 is 39.6 Å². The van der Waals surface area contributed by atoms with E-state index in [2.05, 4.69) is 9.97 Å². The molecule has 1 aliphatic rings. The normalized spacial score (nSPS) is 14.7. The highest BCUT2D eigenvalue weighted by Crippen LogP contribution is 2.18. The molecule has 3 heterocycles. The minimum atomic E-state index is -3.94. The number of oxazole rings is 1. The molecule has 1 unspecified atom stereocenters. The molecular weight excluding hydrogens is 516 g/mol. The maximum atomic E-state index is 13.6. The van der Waals surface area contributed by atoms with Crippen molar-refractivity contribution in [2.75, 3.05) is 38.6 Å². The molecule has 12 nitrogen and oxygen atoms in total. The fourth-order valence-electron chi connectivity index (χ4n) is 3.90. The fraction of sp³-hybridized carbons (Fsp3) is 0.400. The lowest BCUT2D eigenvalue weighted by atomic mass is 10.2. The van der Waals surface area contributed by atoms with Crippen LogP contribution in [0.4, 0.5) is 4.79 Å². The van der Waals surface area contributed by atoms with Gasteiger partial charge in [0.15, 0.2) is 27.2 Å². The molecule has 1 aromatic carbocycles. The van der Waals surface area contributed by atoms with Gasteiger partial charge in [0.1, 0.15) is 0 Å². The number of carbonyl (C=O) groups is 3. The van der Waals surface area contributed by atoms with E-state index in [1.54, 1.807) is 49.4 Å². The van der Waals surface area contributed by atoms with E-state index in [0.717, 1.165) is 4.90 Å². The first-order valence-corrected chi connectivity index (χ1v) is 13.9. The minimum Gasteiger partial charge on any atom is -0.435 e. The number of morpholine rings is 1. The highest BCUT2D eigenvalue weighted by atomic mass is 32.2. The summed E-state index contributed by atoms with van der Waals surface area (Å²) in [6.07, 6.45) is -0.794. The first-order chi connectivity index (χ1) is 18.3. The summed E-state index contributed by atoms with van der Waals surface area (Å²) in [5, 5.41) is 0. The number of ether oxygens (including phenoxy) is 2. The Bertz CT molecular complexity index is 1350. The van der Waals surface area contributed by atoms with Gasteiger partial charge in [0.2, 0.25) is 0 Å². The predicted octanol–water partition coefficient (Wildman–Crippen LogP) is 2.05. The summed E-state index contributed by atoms with van der Waals surface area (Å²) >= 11 is 0. The zero-order valence-electron chi connectivity index (χ0n) is 20.8. The molecule has 1 atom stereocenters. The number of carbonyl (C=O) groups excluding carboxylic acids is 3. The average Bonchev–Trinajstić information content (AvgIpc) is 3.36. The molecule has 3 amide bonds. The summed E-state index contributed by atoms with van der Waals surface area (Å²) in [6.45, 7) is 2.68. The number of benzene rings is 1. The van der Waals surface area contributed by atoms with Gasteiger partial charge in [0, 0.05) is 25.8 Å². The van der Waals surface area contributed by atoms with Crippen LogP contribution in [0.25, 0.3) is 11.2 Å². The molecule has 0 aliphatic carbocycles. The van der Waals surface area contributed by atoms with E-state index >= 15 is 0 Å². The molecule has 4 rings (SSSR count). The number of fused-ring (bicyclic) bond motifs is 1. The van der Waals surface area contributed by atoms with Crippen LogP contribution in [0.5, 0.6) is 0 Å². The van der Waals surface area contributed by atoms with Crippen molar-refractivity contribution < 1.29 is 36.7 Å². The number of aromatic nitrogens is 2. The third kappa shape index (κ3) is 6.72. The lowest BCUT2D eigenvalue weighted by Crippen LogP contribution is -2.50. The van der Waals surface area contributed by atoms with Crippen LogP contribution in [0.15, 0.2) is 53.1 Å². The van der Waals surface area contributed by atoms with Crippen LogP contribution in [0, 0.1) is 0 Å². The van der Waals surface area contributed by atoms with Crippen molar-refractivity contribution in [3.8, 4) is 0 Å². The number of rotatable bonds is 9. The molecule has 202 valence electrons. The second-order valence-corrected chi connectivity index (χ2v) is 10.8. The molecule has 0 radical (unpaired) electrons. The van der Waals surface area contributed by atoms with E-state index in [9.17, 15) is 22.8 Å². The molecule has 1 aliphatic heterocycles. The SMILES string of the molecule is CCCN(C(=O)c1nc2ncccc2o1)C(=O)C(CS(=O)(=O)Cc1ccccc1)OC(=O)N1CCOCC1. The second-order valence-electron chi connectivity index (χ2n) is 8.65. The van der Waals surface area contributed by atoms with Crippen molar-refractivity contribution in [1.82, 2.24) is 19.8 Å². The Kier molecular flexibility index (Phi) is 8.69. The lowest BCUT2D eigenvalue weighted by molar-refractivity contribution is -0.137. The van der Waals surface area contributed by atoms with Crippen LogP contribution in [0.1, 0.15) is 29.6 Å². The molecule has 38 heavy (non-hydrogen) atoms. The van der Waals surface area contributed by atoms with Gasteiger partial charge in [-0.3, -0.25) is 14.5 Å². The van der Waals surface area contributed by atoms with Gasteiger partial charge in [-0.25, -0.2) is 18.2 Å². The topological polar surface area (TPSA) is 149 Å². The Balaban J connectivity index is 1.60. The van der Waals surface area contributed by atoms with Gasteiger partial charge in [0.05, 0.1) is 24.7 Å². The van der Waals surface area contributed by atoms with Gasteiger partial charge in [-0.05, 0) is 24.1 Å². The van der Waals surface area contributed by atoms with Crippen LogP contribution in [-0.4, -0.2) is 90.8 Å². The molecule has 0 bridgehead atoms. The first-order valence-electron chi connectivity index (χ1n) is 12.1. The standard InChI is InChI=1S/C25H28N4O8S/c1-2-11-29(24(31)22-27-21-19(36-22)9-6-10-26-21)23(30)20(37-25(32)28-12-14-35-15-13-28)17-38(33,34)16-18-7-4-3-5-8-18/h3-10,20H,2,11-17H2,1H3. The molecule has 1 saturated heterocycles. The highest BCUT2D eigenvalue weighted by Gasteiger charge is 2.38. The summed E-state index contributed by atoms with van der Waals surface area (Å²) in [5.74, 6) is -3.43. The number of nitrogens with zero attached hydrogens (tertiary/aromatic N) is 4. The van der Waals surface area contributed by atoms with Gasteiger partial charge < -0.3 is 18.8 Å². The van der Waals surface area contributed by atoms with E-state index in [-0.39, 0.29) is 55.7 Å². The van der Waals surface area contributed by atoms with Gasteiger partial charge >= 0.3 is 12.0 Å². The number of pyridine rings is 1. The zero-order chi connectivity index (χ0) is 27.1. The minimum absolute atomic E-state index is 0.0752. The smallest absolute Gasteiger partial charge is 0.410 e. The van der Waals surface area contributed by atoms with Crippen molar-refractivity contribution in [1.29, 1.82) is 0 Å². The van der Waals surface area contributed by atoms with E-state index in [1.807, 2.05) is 0 Å². The number of imide groups is 1. The fourth-order valence-corrected chi connectivity index (χ4v) is 5.39. The van der Waals surface area contributed by atoms with Crippen molar-refractivity contribution in [2.45, 2.75) is 25.2 Å². The Morgan fingerprint density at radius 3 is 2.53 bits per heavy atom. The summed E-state index contributed by atoms with van der Waals surface area (Å²) < 4.78 is 42.3. The highest BCUT2D eigenvalue weighted by molar-refractivity contribution is 7.90. The monoisotopic (exact) mass is 544 g/mol. The van der Waals surface area contributed by atoms with Gasteiger partial charge in [-0.2, -0.15) is 4.98 Å². The summed E-state index contributed by atoms with van der Waals surface area (Å²) in [7, 11) is -3.94. The third-order valence-corrected chi connectivity index (χ3v) is 7.31. The van der Waals surface area contributed by atoms with Gasteiger partial charge in [-0.15, -0.1) is 0 Å². The van der Waals surface area contributed by atoms with Crippen molar-refractivity contribution >= 4 is 39.0 Å². The molecular formula is C25H28N4O8S. The number of sulfone groups is 1. The lowest BCUT2D eigenvalue weighted by Gasteiger charge is -2.29. The van der Waals surface area contributed by atoms with Crippen molar-refractivity contribution in [3.05, 3.63) is 60.1 Å². The molecule has 1 fully saturated rings. The van der Waals surface area contributed by atoms with Gasteiger partial charge in [0.25, 0.3) is 11.8 Å². The van der Waals surface area contributed by atoms with Crippen LogP contribution >= 0.6 is 0 Å². The molecule has 13 heteroatoms. The largest absolute Gasteiger partial charge is 0.435 e. The van der Waals surface area contributed by atoms with Crippen LogP contribution < -0.4 is 0 Å². The zero-order valence-corrected chi connectivity index (χ0v) is 21.6. The van der Waals surface area contributed by atoms with Gasteiger partial charge in [-0.1, -0.05) is 37.3 Å². The first kappa shape index (κ1) is 27.2. The number of amides is 3. The van der Waals surface area contributed by atoms with Crippen LogP contribution in [-0.2, 0) is 29.9 Å². The summed E-state index contributed by atoms with van der Waals surface area (Å²) in [5.41, 5.74) is 0.944. The molecule has 0 N–H and O–H groups in total. The Labute approximate surface area is 219 Å². The number of hydrogen-bond donors (Lipinski definition) is 0. The maximum Gasteiger partial charge on any atom is 0.410 e. The number of hydrogen-bond acceptors (Lipinski definition) is 10. The molecule has 3 aromatic rings. The second kappa shape index (κ2) is 12.1. The molecule has 0 spiro atoms. The summed E-state index contributed by atoms with van der Waals surface area (Å²) in [6, 6.07) is 11.6. The molecule has 2 aromatic heterocycles. The maximum absolute atomic E-state index is 13.6. The van der Waals surface area contributed by atoms with Crippen LogP contribution in [0.2, 0.25) is 0 Å².